The molecule has 1 amide bonds. The fourth-order valence-electron chi connectivity index (χ4n) is 3.46. The molecule has 7 heteroatoms. The van der Waals surface area contributed by atoms with Gasteiger partial charge in [0, 0.05) is 17.3 Å². The van der Waals surface area contributed by atoms with Gasteiger partial charge in [0.15, 0.2) is 0 Å². The monoisotopic (exact) mass is 478 g/mol. The van der Waals surface area contributed by atoms with Gasteiger partial charge in [-0.2, -0.15) is 10.2 Å². The Morgan fingerprint density at radius 2 is 1.69 bits per heavy atom. The van der Waals surface area contributed by atoms with Crippen LogP contribution in [0.2, 0.25) is 0 Å². The van der Waals surface area contributed by atoms with E-state index >= 15 is 0 Å². The predicted octanol–water partition coefficient (Wildman–Crippen LogP) is 5.94. The van der Waals surface area contributed by atoms with Crippen LogP contribution in [0.15, 0.2) is 114 Å². The number of amides is 1. The summed E-state index contributed by atoms with van der Waals surface area (Å²) < 4.78 is 7.56. The number of nitrogens with zero attached hydrogens (tertiary/aromatic N) is 3. The average Bonchev–Trinajstić information content (AvgIpc) is 3.59. The van der Waals surface area contributed by atoms with Gasteiger partial charge in [0.05, 0.1) is 16.8 Å². The van der Waals surface area contributed by atoms with Gasteiger partial charge >= 0.3 is 0 Å². The number of carbonyl (C=O) groups excluding carboxylic acids is 1. The number of para-hydroxylation sites is 2. The standard InChI is InChI=1S/C28H22N4O2S/c33-28(22-15-13-21(14-16-22)20-34-25-10-5-2-6-11-25)30-29-18-23-19-32(24-8-3-1-4-9-24)31-27(23)26-12-7-17-35-26/h1-19H,20H2,(H,30,33)/b29-18+. The largest absolute Gasteiger partial charge is 0.489 e. The number of hydrazone groups is 1. The third kappa shape index (κ3) is 5.54. The van der Waals surface area contributed by atoms with Crippen LogP contribution in [0.5, 0.6) is 5.75 Å². The van der Waals surface area contributed by atoms with Crippen molar-refractivity contribution >= 4 is 23.5 Å². The molecule has 3 aromatic carbocycles. The van der Waals surface area contributed by atoms with Crippen molar-refractivity contribution in [3.05, 3.63) is 125 Å². The lowest BCUT2D eigenvalue weighted by molar-refractivity contribution is 0.0955. The smallest absolute Gasteiger partial charge is 0.271 e. The Balaban J connectivity index is 1.26. The molecule has 5 aromatic rings. The molecule has 0 aliphatic rings. The van der Waals surface area contributed by atoms with Gasteiger partial charge in [0.2, 0.25) is 0 Å². The minimum absolute atomic E-state index is 0.287. The fourth-order valence-corrected chi connectivity index (χ4v) is 4.19. The van der Waals surface area contributed by atoms with Gasteiger partial charge in [-0.25, -0.2) is 10.1 Å². The zero-order valence-corrected chi connectivity index (χ0v) is 19.6. The first-order valence-corrected chi connectivity index (χ1v) is 11.9. The van der Waals surface area contributed by atoms with Crippen molar-refractivity contribution < 1.29 is 9.53 Å². The Morgan fingerprint density at radius 3 is 2.40 bits per heavy atom. The van der Waals surface area contributed by atoms with Crippen molar-refractivity contribution in [1.29, 1.82) is 0 Å². The third-order valence-electron chi connectivity index (χ3n) is 5.25. The Morgan fingerprint density at radius 1 is 0.943 bits per heavy atom. The van der Waals surface area contributed by atoms with E-state index in [-0.39, 0.29) is 5.91 Å². The van der Waals surface area contributed by atoms with E-state index in [9.17, 15) is 4.79 Å². The summed E-state index contributed by atoms with van der Waals surface area (Å²) in [7, 11) is 0. The zero-order valence-electron chi connectivity index (χ0n) is 18.7. The predicted molar refractivity (Wildman–Crippen MR) is 139 cm³/mol. The van der Waals surface area contributed by atoms with E-state index in [1.165, 1.54) is 0 Å². The number of nitrogens with one attached hydrogen (secondary N) is 1. The second-order valence-electron chi connectivity index (χ2n) is 7.69. The van der Waals surface area contributed by atoms with Gasteiger partial charge in [-0.05, 0) is 53.4 Å². The maximum atomic E-state index is 12.6. The number of aromatic nitrogens is 2. The van der Waals surface area contributed by atoms with Crippen molar-refractivity contribution in [3.63, 3.8) is 0 Å². The minimum Gasteiger partial charge on any atom is -0.489 e. The topological polar surface area (TPSA) is 68.5 Å². The molecule has 0 aliphatic heterocycles. The van der Waals surface area contributed by atoms with E-state index in [2.05, 4.69) is 10.5 Å². The van der Waals surface area contributed by atoms with Crippen LogP contribution in [0.25, 0.3) is 16.3 Å². The van der Waals surface area contributed by atoms with Crippen LogP contribution in [0, 0.1) is 0 Å². The molecule has 0 spiro atoms. The van der Waals surface area contributed by atoms with E-state index in [4.69, 9.17) is 9.84 Å². The molecular formula is C28H22N4O2S. The molecule has 5 rings (SSSR count). The van der Waals surface area contributed by atoms with E-state index < -0.39 is 0 Å². The number of carbonyl (C=O) groups is 1. The lowest BCUT2D eigenvalue weighted by Gasteiger charge is -2.06. The summed E-state index contributed by atoms with van der Waals surface area (Å²) in [5.74, 6) is 0.520. The second-order valence-corrected chi connectivity index (χ2v) is 8.64. The van der Waals surface area contributed by atoms with Crippen LogP contribution >= 0.6 is 11.3 Å². The number of benzene rings is 3. The van der Waals surface area contributed by atoms with E-state index in [1.807, 2.05) is 101 Å². The molecule has 172 valence electrons. The van der Waals surface area contributed by atoms with Crippen molar-refractivity contribution in [1.82, 2.24) is 15.2 Å². The molecule has 1 N–H and O–H groups in total. The molecule has 2 heterocycles. The first-order chi connectivity index (χ1) is 17.3. The molecule has 6 nitrogen and oxygen atoms in total. The average molecular weight is 479 g/mol. The zero-order chi connectivity index (χ0) is 23.9. The summed E-state index contributed by atoms with van der Waals surface area (Å²) in [5, 5.41) is 10.9. The number of rotatable bonds is 8. The van der Waals surface area contributed by atoms with Crippen LogP contribution in [0.4, 0.5) is 0 Å². The summed E-state index contributed by atoms with van der Waals surface area (Å²) in [5.41, 5.74) is 6.67. The van der Waals surface area contributed by atoms with Crippen LogP contribution in [-0.2, 0) is 6.61 Å². The Kier molecular flexibility index (Phi) is 6.77. The maximum absolute atomic E-state index is 12.6. The van der Waals surface area contributed by atoms with E-state index in [1.54, 1.807) is 29.7 Å². The highest BCUT2D eigenvalue weighted by atomic mass is 32.1. The third-order valence-corrected chi connectivity index (χ3v) is 6.13. The van der Waals surface area contributed by atoms with Crippen LogP contribution in [-0.4, -0.2) is 21.9 Å². The molecule has 0 aliphatic carbocycles. The number of ether oxygens (including phenoxy) is 1. The number of hydrogen-bond acceptors (Lipinski definition) is 5. The van der Waals surface area contributed by atoms with Crippen molar-refractivity contribution in [3.8, 4) is 22.0 Å². The van der Waals surface area contributed by atoms with E-state index in [0.29, 0.717) is 12.2 Å². The Labute approximate surface area is 207 Å². The highest BCUT2D eigenvalue weighted by molar-refractivity contribution is 7.13. The summed E-state index contributed by atoms with van der Waals surface area (Å²) in [4.78, 5) is 13.6. The molecular weight excluding hydrogens is 456 g/mol. The van der Waals surface area contributed by atoms with Gasteiger partial charge in [0.1, 0.15) is 18.1 Å². The van der Waals surface area contributed by atoms with Gasteiger partial charge in [-0.15, -0.1) is 11.3 Å². The van der Waals surface area contributed by atoms with Crippen LogP contribution < -0.4 is 10.2 Å². The normalized spacial score (nSPS) is 11.0. The SMILES string of the molecule is O=C(N/N=C/c1cn(-c2ccccc2)nc1-c1cccs1)c1ccc(COc2ccccc2)cc1. The highest BCUT2D eigenvalue weighted by Gasteiger charge is 2.12. The number of hydrogen-bond donors (Lipinski definition) is 1. The lowest BCUT2D eigenvalue weighted by atomic mass is 10.1. The number of thiophene rings is 1. The first kappa shape index (κ1) is 22.3. The lowest BCUT2D eigenvalue weighted by Crippen LogP contribution is -2.17. The fraction of sp³-hybridized carbons (Fsp3) is 0.0357. The molecule has 0 saturated carbocycles. The van der Waals surface area contributed by atoms with Crippen molar-refractivity contribution in [2.45, 2.75) is 6.61 Å². The first-order valence-electron chi connectivity index (χ1n) is 11.1. The van der Waals surface area contributed by atoms with E-state index in [0.717, 1.165) is 33.1 Å². The Bertz CT molecular complexity index is 1410. The molecule has 35 heavy (non-hydrogen) atoms. The Hall–Kier alpha value is -4.49. The molecule has 0 fully saturated rings. The van der Waals surface area contributed by atoms with Gasteiger partial charge in [-0.3, -0.25) is 4.79 Å². The summed E-state index contributed by atoms with van der Waals surface area (Å²) >= 11 is 1.60. The van der Waals surface area contributed by atoms with Crippen LogP contribution in [0.3, 0.4) is 0 Å². The molecule has 0 saturated heterocycles. The molecule has 0 unspecified atom stereocenters. The summed E-state index contributed by atoms with van der Waals surface area (Å²) in [6, 6.07) is 30.8. The van der Waals surface area contributed by atoms with Crippen molar-refractivity contribution in [2.24, 2.45) is 5.10 Å². The van der Waals surface area contributed by atoms with Crippen molar-refractivity contribution in [2.75, 3.05) is 0 Å². The molecule has 0 radical (unpaired) electrons. The second kappa shape index (κ2) is 10.6. The quantitative estimate of drug-likeness (QED) is 0.222. The maximum Gasteiger partial charge on any atom is 0.271 e. The molecule has 2 aromatic heterocycles. The summed E-state index contributed by atoms with van der Waals surface area (Å²) in [6.45, 7) is 0.432. The molecule has 0 atom stereocenters. The molecule has 0 bridgehead atoms. The van der Waals surface area contributed by atoms with Gasteiger partial charge in [0.25, 0.3) is 5.91 Å². The van der Waals surface area contributed by atoms with Gasteiger partial charge < -0.3 is 4.74 Å². The van der Waals surface area contributed by atoms with Gasteiger partial charge in [-0.1, -0.05) is 54.6 Å². The van der Waals surface area contributed by atoms with Crippen LogP contribution in [0.1, 0.15) is 21.5 Å². The highest BCUT2D eigenvalue weighted by Crippen LogP contribution is 2.26. The summed E-state index contributed by atoms with van der Waals surface area (Å²) in [6.07, 6.45) is 3.53. The minimum atomic E-state index is -0.287.